The molecular weight excluding hydrogens is 480 g/mol. The van der Waals surface area contributed by atoms with E-state index in [9.17, 15) is 8.42 Å². The number of hydrogen-bond donors (Lipinski definition) is 1. The number of nitrogens with zero attached hydrogens (tertiary/aromatic N) is 1. The molecule has 3 aromatic carbocycles. The van der Waals surface area contributed by atoms with Gasteiger partial charge in [-0.2, -0.15) is 4.98 Å². The van der Waals surface area contributed by atoms with Gasteiger partial charge in [0.15, 0.2) is 0 Å². The number of methoxy groups -OCH3 is 1. The molecule has 6 nitrogen and oxygen atoms in total. The minimum Gasteiger partial charge on any atom is -0.497 e. The third kappa shape index (κ3) is 4.50. The largest absolute Gasteiger partial charge is 0.497 e. The Bertz CT molecular complexity index is 1310. The number of sulfone groups is 1. The zero-order chi connectivity index (χ0) is 22.0. The van der Waals surface area contributed by atoms with E-state index in [-0.39, 0.29) is 21.7 Å². The number of halogens is 1. The standard InChI is InChI=1S/C23H19BrN2O4S/c1-15-4-3-5-16(14-15)21-26-23(31(27,28)20-12-6-17(24)7-13-20)22(30-21)25-18-8-10-19(29-2)11-9-18/h3-14,25H,1-2H3. The van der Waals surface area contributed by atoms with E-state index in [1.165, 1.54) is 12.1 Å². The highest BCUT2D eigenvalue weighted by Crippen LogP contribution is 2.34. The van der Waals surface area contributed by atoms with Gasteiger partial charge in [-0.25, -0.2) is 8.42 Å². The van der Waals surface area contributed by atoms with E-state index in [0.717, 1.165) is 10.0 Å². The molecule has 4 aromatic rings. The molecule has 0 unspecified atom stereocenters. The normalized spacial score (nSPS) is 11.3. The number of benzene rings is 3. The second-order valence-corrected chi connectivity index (χ2v) is 9.61. The van der Waals surface area contributed by atoms with Gasteiger partial charge in [-0.1, -0.05) is 33.6 Å². The Labute approximate surface area is 189 Å². The van der Waals surface area contributed by atoms with E-state index < -0.39 is 9.84 Å². The molecule has 0 spiro atoms. The van der Waals surface area contributed by atoms with Gasteiger partial charge in [-0.05, 0) is 67.6 Å². The van der Waals surface area contributed by atoms with Crippen LogP contribution in [0.3, 0.4) is 0 Å². The highest BCUT2D eigenvalue weighted by molar-refractivity contribution is 9.10. The van der Waals surface area contributed by atoms with Crippen LogP contribution in [0.2, 0.25) is 0 Å². The Morgan fingerprint density at radius 3 is 2.35 bits per heavy atom. The van der Waals surface area contributed by atoms with Gasteiger partial charge in [0.25, 0.3) is 0 Å². The minimum atomic E-state index is -3.93. The molecule has 4 rings (SSSR count). The molecule has 8 heteroatoms. The molecule has 31 heavy (non-hydrogen) atoms. The lowest BCUT2D eigenvalue weighted by molar-refractivity contribution is 0.415. The summed E-state index contributed by atoms with van der Waals surface area (Å²) < 4.78 is 38.6. The summed E-state index contributed by atoms with van der Waals surface area (Å²) in [5.41, 5.74) is 2.34. The second-order valence-electron chi connectivity index (χ2n) is 6.83. The molecule has 0 amide bonds. The smallest absolute Gasteiger partial charge is 0.238 e. The van der Waals surface area contributed by atoms with Crippen LogP contribution in [-0.2, 0) is 9.84 Å². The Kier molecular flexibility index (Phi) is 5.84. The number of nitrogens with one attached hydrogen (secondary N) is 1. The van der Waals surface area contributed by atoms with Crippen LogP contribution in [0.1, 0.15) is 5.56 Å². The number of anilines is 2. The molecule has 0 saturated heterocycles. The molecule has 0 bridgehead atoms. The van der Waals surface area contributed by atoms with E-state index in [2.05, 4.69) is 26.2 Å². The predicted octanol–water partition coefficient (Wildman–Crippen LogP) is 6.00. The number of aryl methyl sites for hydroxylation is 1. The fourth-order valence-electron chi connectivity index (χ4n) is 3.00. The predicted molar refractivity (Wildman–Crippen MR) is 123 cm³/mol. The van der Waals surface area contributed by atoms with Crippen LogP contribution in [0.5, 0.6) is 5.75 Å². The van der Waals surface area contributed by atoms with Crippen LogP contribution in [0.4, 0.5) is 11.6 Å². The molecule has 0 fully saturated rings. The zero-order valence-corrected chi connectivity index (χ0v) is 19.2. The third-order valence-electron chi connectivity index (χ3n) is 4.59. The molecule has 1 aromatic heterocycles. The maximum Gasteiger partial charge on any atom is 0.238 e. The molecule has 0 saturated carbocycles. The van der Waals surface area contributed by atoms with Crippen molar-refractivity contribution in [3.63, 3.8) is 0 Å². The maximum absolute atomic E-state index is 13.4. The molecule has 0 aliphatic carbocycles. The molecule has 1 heterocycles. The summed E-state index contributed by atoms with van der Waals surface area (Å²) in [5.74, 6) is 0.950. The van der Waals surface area contributed by atoms with Crippen molar-refractivity contribution in [2.24, 2.45) is 0 Å². The Morgan fingerprint density at radius 2 is 1.71 bits per heavy atom. The van der Waals surface area contributed by atoms with E-state index in [1.807, 2.05) is 31.2 Å². The topological polar surface area (TPSA) is 81.4 Å². The highest BCUT2D eigenvalue weighted by atomic mass is 79.9. The number of oxazole rings is 1. The summed E-state index contributed by atoms with van der Waals surface area (Å²) in [4.78, 5) is 4.49. The first-order chi connectivity index (χ1) is 14.9. The third-order valence-corrected chi connectivity index (χ3v) is 6.79. The lowest BCUT2D eigenvalue weighted by Gasteiger charge is -2.07. The molecule has 0 aliphatic heterocycles. The fourth-order valence-corrected chi connectivity index (χ4v) is 4.52. The van der Waals surface area contributed by atoms with Gasteiger partial charge in [0.2, 0.25) is 26.6 Å². The summed E-state index contributed by atoms with van der Waals surface area (Å²) in [5, 5.41) is 2.86. The zero-order valence-electron chi connectivity index (χ0n) is 16.8. The van der Waals surface area contributed by atoms with Crippen molar-refractivity contribution in [3.8, 4) is 17.2 Å². The number of rotatable bonds is 6. The highest BCUT2D eigenvalue weighted by Gasteiger charge is 2.28. The van der Waals surface area contributed by atoms with E-state index in [4.69, 9.17) is 9.15 Å². The average molecular weight is 499 g/mol. The molecule has 0 radical (unpaired) electrons. The van der Waals surface area contributed by atoms with Crippen LogP contribution in [-0.4, -0.2) is 20.5 Å². The Hall–Kier alpha value is -3.10. The first-order valence-corrected chi connectivity index (χ1v) is 11.6. The number of aromatic nitrogens is 1. The van der Waals surface area contributed by atoms with Crippen molar-refractivity contribution in [2.75, 3.05) is 12.4 Å². The fraction of sp³-hybridized carbons (Fsp3) is 0.0870. The van der Waals surface area contributed by atoms with Gasteiger partial charge in [0.05, 0.1) is 12.0 Å². The van der Waals surface area contributed by atoms with Crippen molar-refractivity contribution in [2.45, 2.75) is 16.8 Å². The van der Waals surface area contributed by atoms with Gasteiger partial charge in [0, 0.05) is 15.7 Å². The second kappa shape index (κ2) is 8.56. The molecule has 158 valence electrons. The summed E-state index contributed by atoms with van der Waals surface area (Å²) in [7, 11) is -2.35. The van der Waals surface area contributed by atoms with Gasteiger partial charge in [-0.15, -0.1) is 0 Å². The molecule has 0 aliphatic rings. The van der Waals surface area contributed by atoms with E-state index in [0.29, 0.717) is 17.0 Å². The van der Waals surface area contributed by atoms with Crippen molar-refractivity contribution < 1.29 is 17.6 Å². The van der Waals surface area contributed by atoms with Crippen molar-refractivity contribution >= 4 is 37.3 Å². The number of ether oxygens (including phenoxy) is 1. The maximum atomic E-state index is 13.4. The van der Waals surface area contributed by atoms with Crippen molar-refractivity contribution in [3.05, 3.63) is 82.8 Å². The SMILES string of the molecule is COc1ccc(Nc2oc(-c3cccc(C)c3)nc2S(=O)(=O)c2ccc(Br)cc2)cc1. The quantitative estimate of drug-likeness (QED) is 0.351. The van der Waals surface area contributed by atoms with Crippen LogP contribution in [0.25, 0.3) is 11.5 Å². The van der Waals surface area contributed by atoms with Crippen molar-refractivity contribution in [1.29, 1.82) is 0 Å². The van der Waals surface area contributed by atoms with Crippen LogP contribution in [0.15, 0.2) is 91.6 Å². The average Bonchev–Trinajstić information content (AvgIpc) is 3.19. The van der Waals surface area contributed by atoms with Gasteiger partial charge >= 0.3 is 0 Å². The summed E-state index contributed by atoms with van der Waals surface area (Å²) in [6.07, 6.45) is 0. The lowest BCUT2D eigenvalue weighted by Crippen LogP contribution is -2.05. The summed E-state index contributed by atoms with van der Waals surface area (Å²) >= 11 is 3.33. The monoisotopic (exact) mass is 498 g/mol. The Morgan fingerprint density at radius 1 is 1.00 bits per heavy atom. The molecular formula is C23H19BrN2O4S. The van der Waals surface area contributed by atoms with Gasteiger partial charge in [-0.3, -0.25) is 0 Å². The van der Waals surface area contributed by atoms with E-state index in [1.54, 1.807) is 43.5 Å². The van der Waals surface area contributed by atoms with E-state index >= 15 is 0 Å². The first kappa shape index (κ1) is 21.1. The van der Waals surface area contributed by atoms with Crippen LogP contribution >= 0.6 is 15.9 Å². The van der Waals surface area contributed by atoms with Crippen LogP contribution < -0.4 is 10.1 Å². The first-order valence-electron chi connectivity index (χ1n) is 9.36. The van der Waals surface area contributed by atoms with Crippen LogP contribution in [0, 0.1) is 6.92 Å². The number of hydrogen-bond acceptors (Lipinski definition) is 6. The molecule has 0 atom stereocenters. The lowest BCUT2D eigenvalue weighted by atomic mass is 10.1. The summed E-state index contributed by atoms with van der Waals surface area (Å²) in [6, 6.07) is 21.0. The van der Waals surface area contributed by atoms with Crippen molar-refractivity contribution in [1.82, 2.24) is 4.98 Å². The summed E-state index contributed by atoms with van der Waals surface area (Å²) in [6.45, 7) is 1.95. The minimum absolute atomic E-state index is 0.0459. The van der Waals surface area contributed by atoms with Gasteiger partial charge in [0.1, 0.15) is 5.75 Å². The molecule has 1 N–H and O–H groups in total. The Balaban J connectivity index is 1.82. The van der Waals surface area contributed by atoms with Gasteiger partial charge < -0.3 is 14.5 Å².